The van der Waals surface area contributed by atoms with Gasteiger partial charge in [0.15, 0.2) is 5.11 Å². The van der Waals surface area contributed by atoms with Crippen LogP contribution in [0.5, 0.6) is 0 Å². The topological polar surface area (TPSA) is 89.8 Å². The van der Waals surface area contributed by atoms with Gasteiger partial charge in [-0.1, -0.05) is 12.1 Å². The van der Waals surface area contributed by atoms with Gasteiger partial charge in [0.2, 0.25) is 0 Å². The molecule has 2 aromatic rings. The summed E-state index contributed by atoms with van der Waals surface area (Å²) in [5.41, 5.74) is 2.26. The summed E-state index contributed by atoms with van der Waals surface area (Å²) in [6.07, 6.45) is 0. The number of carbonyl (C=O) groups excluding carboxylic acids is 2. The number of thiocarbonyl (C=S) groups is 1. The average Bonchev–Trinajstić information content (AvgIpc) is 3.17. The Morgan fingerprint density at radius 3 is 2.50 bits per heavy atom. The third kappa shape index (κ3) is 3.91. The van der Waals surface area contributed by atoms with Crippen LogP contribution in [0, 0.1) is 0 Å². The summed E-state index contributed by atoms with van der Waals surface area (Å²) in [6, 6.07) is 9.92. The molecule has 146 valence electrons. The van der Waals surface area contributed by atoms with Gasteiger partial charge in [0.05, 0.1) is 24.9 Å². The lowest BCUT2D eigenvalue weighted by atomic mass is 10.0. The zero-order valence-corrected chi connectivity index (χ0v) is 16.5. The molecule has 2 N–H and O–H groups in total. The number of hydrogen-bond acceptors (Lipinski definition) is 6. The Balaban J connectivity index is 1.89. The Morgan fingerprint density at radius 1 is 1.14 bits per heavy atom. The molecule has 0 saturated carbocycles. The first-order valence-electron chi connectivity index (χ1n) is 8.68. The van der Waals surface area contributed by atoms with Crippen molar-refractivity contribution in [2.45, 2.75) is 19.9 Å². The molecule has 1 aliphatic heterocycles. The number of nitrogens with one attached hydrogen (secondary N) is 2. The van der Waals surface area contributed by atoms with E-state index in [4.69, 9.17) is 26.1 Å². The van der Waals surface area contributed by atoms with Crippen LogP contribution in [0.2, 0.25) is 0 Å². The predicted molar refractivity (Wildman–Crippen MR) is 106 cm³/mol. The largest absolute Gasteiger partial charge is 0.466 e. The highest BCUT2D eigenvalue weighted by Gasteiger charge is 2.32. The van der Waals surface area contributed by atoms with E-state index in [1.165, 1.54) is 7.11 Å². The van der Waals surface area contributed by atoms with Crippen molar-refractivity contribution in [3.63, 3.8) is 0 Å². The molecule has 3 rings (SSSR count). The monoisotopic (exact) mass is 400 g/mol. The van der Waals surface area contributed by atoms with E-state index in [-0.39, 0.29) is 5.97 Å². The summed E-state index contributed by atoms with van der Waals surface area (Å²) in [7, 11) is 1.32. The van der Waals surface area contributed by atoms with Gasteiger partial charge in [-0.2, -0.15) is 0 Å². The maximum atomic E-state index is 12.2. The van der Waals surface area contributed by atoms with Gasteiger partial charge in [0.25, 0.3) is 0 Å². The van der Waals surface area contributed by atoms with Gasteiger partial charge in [0, 0.05) is 11.3 Å². The van der Waals surface area contributed by atoms with Crippen molar-refractivity contribution in [1.29, 1.82) is 0 Å². The first-order chi connectivity index (χ1) is 13.4. The number of methoxy groups -OCH3 is 1. The Labute approximate surface area is 167 Å². The average molecular weight is 400 g/mol. The molecule has 1 atom stereocenters. The number of hydrogen-bond donors (Lipinski definition) is 2. The van der Waals surface area contributed by atoms with Crippen LogP contribution < -0.4 is 10.6 Å². The fraction of sp³-hybridized carbons (Fsp3) is 0.250. The minimum absolute atomic E-state index is 0.322. The molecule has 28 heavy (non-hydrogen) atoms. The molecule has 0 radical (unpaired) electrons. The predicted octanol–water partition coefficient (Wildman–Crippen LogP) is 3.09. The SMILES string of the molecule is CCOC(=O)c1ccc(-c2ccc([C@H]3NC(=S)NC(C)=C3C(=O)OC)o2)cc1. The van der Waals surface area contributed by atoms with Crippen molar-refractivity contribution in [2.24, 2.45) is 0 Å². The molecule has 1 aromatic heterocycles. The zero-order chi connectivity index (χ0) is 20.3. The number of allylic oxidation sites excluding steroid dienone is 1. The molecule has 1 aromatic carbocycles. The summed E-state index contributed by atoms with van der Waals surface area (Å²) in [5, 5.41) is 6.36. The Kier molecular flexibility index (Phi) is 5.79. The molecule has 0 aliphatic carbocycles. The fourth-order valence-corrected chi connectivity index (χ4v) is 3.21. The van der Waals surface area contributed by atoms with E-state index in [1.807, 2.05) is 0 Å². The van der Waals surface area contributed by atoms with Crippen LogP contribution in [0.15, 0.2) is 52.1 Å². The van der Waals surface area contributed by atoms with Gasteiger partial charge in [-0.25, -0.2) is 9.59 Å². The van der Waals surface area contributed by atoms with E-state index >= 15 is 0 Å². The molecule has 1 aliphatic rings. The van der Waals surface area contributed by atoms with E-state index in [0.29, 0.717) is 40.1 Å². The van der Waals surface area contributed by atoms with E-state index in [1.54, 1.807) is 50.2 Å². The fourth-order valence-electron chi connectivity index (χ4n) is 2.94. The van der Waals surface area contributed by atoms with E-state index in [9.17, 15) is 9.59 Å². The third-order valence-electron chi connectivity index (χ3n) is 4.27. The van der Waals surface area contributed by atoms with E-state index in [2.05, 4.69) is 10.6 Å². The van der Waals surface area contributed by atoms with Gasteiger partial charge >= 0.3 is 11.9 Å². The maximum absolute atomic E-state index is 12.2. The highest BCUT2D eigenvalue weighted by molar-refractivity contribution is 7.80. The van der Waals surface area contributed by atoms with Gasteiger partial charge in [-0.15, -0.1) is 0 Å². The van der Waals surface area contributed by atoms with Crippen molar-refractivity contribution in [1.82, 2.24) is 10.6 Å². The standard InChI is InChI=1S/C20H20N2O5S/c1-4-26-18(23)13-7-5-12(6-8-13)14-9-10-15(27-14)17-16(19(24)25-3)11(2)21-20(28)22-17/h5-10,17H,4H2,1-3H3,(H2,21,22,28)/t17-/m1/s1. The van der Waals surface area contributed by atoms with Crippen LogP contribution in [-0.2, 0) is 14.3 Å². The summed E-state index contributed by atoms with van der Waals surface area (Å²) in [5.74, 6) is 0.276. The molecular weight excluding hydrogens is 380 g/mol. The van der Waals surface area contributed by atoms with Crippen LogP contribution in [0.1, 0.15) is 36.0 Å². The number of benzene rings is 1. The number of ether oxygens (including phenoxy) is 2. The van der Waals surface area contributed by atoms with Gasteiger partial charge < -0.3 is 24.5 Å². The Bertz CT molecular complexity index is 946. The summed E-state index contributed by atoms with van der Waals surface area (Å²) < 4.78 is 15.8. The second-order valence-corrected chi connectivity index (χ2v) is 6.47. The highest BCUT2D eigenvalue weighted by atomic mass is 32.1. The minimum atomic E-state index is -0.561. The van der Waals surface area contributed by atoms with E-state index < -0.39 is 12.0 Å². The van der Waals surface area contributed by atoms with Gasteiger partial charge in [0.1, 0.15) is 17.6 Å². The Hall–Kier alpha value is -3.13. The van der Waals surface area contributed by atoms with Crippen molar-refractivity contribution in [3.05, 3.63) is 59.0 Å². The van der Waals surface area contributed by atoms with Crippen LogP contribution in [-0.4, -0.2) is 30.8 Å². The van der Waals surface area contributed by atoms with Crippen LogP contribution >= 0.6 is 12.2 Å². The molecule has 0 bridgehead atoms. The molecule has 0 spiro atoms. The second kappa shape index (κ2) is 8.26. The molecule has 2 heterocycles. The molecule has 0 fully saturated rings. The number of rotatable bonds is 5. The zero-order valence-electron chi connectivity index (χ0n) is 15.7. The summed E-state index contributed by atoms with van der Waals surface area (Å²) in [4.78, 5) is 24.0. The highest BCUT2D eigenvalue weighted by Crippen LogP contribution is 2.32. The molecule has 0 amide bonds. The van der Waals surface area contributed by atoms with Crippen LogP contribution in [0.4, 0.5) is 0 Å². The van der Waals surface area contributed by atoms with Crippen molar-refractivity contribution in [2.75, 3.05) is 13.7 Å². The summed E-state index contributed by atoms with van der Waals surface area (Å²) in [6.45, 7) is 3.84. The number of furan rings is 1. The van der Waals surface area contributed by atoms with Crippen molar-refractivity contribution in [3.8, 4) is 11.3 Å². The smallest absolute Gasteiger partial charge is 0.338 e. The quantitative estimate of drug-likeness (QED) is 0.585. The molecule has 0 unspecified atom stereocenters. The third-order valence-corrected chi connectivity index (χ3v) is 4.49. The normalized spacial score (nSPS) is 16.2. The summed E-state index contributed by atoms with van der Waals surface area (Å²) >= 11 is 5.20. The molecule has 7 nitrogen and oxygen atoms in total. The lowest BCUT2D eigenvalue weighted by Gasteiger charge is -2.27. The second-order valence-electron chi connectivity index (χ2n) is 6.06. The van der Waals surface area contributed by atoms with Crippen molar-refractivity contribution >= 4 is 29.3 Å². The van der Waals surface area contributed by atoms with Crippen molar-refractivity contribution < 1.29 is 23.5 Å². The maximum Gasteiger partial charge on any atom is 0.338 e. The van der Waals surface area contributed by atoms with Crippen LogP contribution in [0.3, 0.4) is 0 Å². The van der Waals surface area contributed by atoms with Gasteiger partial charge in [-0.05, 0) is 50.3 Å². The Morgan fingerprint density at radius 2 is 1.86 bits per heavy atom. The van der Waals surface area contributed by atoms with E-state index in [0.717, 1.165) is 5.56 Å². The first kappa shape index (κ1) is 19.6. The number of carbonyl (C=O) groups is 2. The molecule has 8 heteroatoms. The minimum Gasteiger partial charge on any atom is -0.466 e. The lowest BCUT2D eigenvalue weighted by molar-refractivity contribution is -0.136. The molecule has 0 saturated heterocycles. The van der Waals surface area contributed by atoms with Gasteiger partial charge in [-0.3, -0.25) is 0 Å². The lowest BCUT2D eigenvalue weighted by Crippen LogP contribution is -2.44. The number of esters is 2. The molecular formula is C20H20N2O5S. The first-order valence-corrected chi connectivity index (χ1v) is 9.09. The van der Waals surface area contributed by atoms with Crippen LogP contribution in [0.25, 0.3) is 11.3 Å².